The minimum atomic E-state index is -0.614. The number of hydrogen-bond donors (Lipinski definition) is 2. The van der Waals surface area contributed by atoms with Crippen LogP contribution in [0.15, 0.2) is 18.2 Å². The molecule has 1 aromatic carbocycles. The van der Waals surface area contributed by atoms with Gasteiger partial charge in [-0.3, -0.25) is 4.79 Å². The van der Waals surface area contributed by atoms with Crippen LogP contribution < -0.4 is 5.32 Å². The molecule has 1 aliphatic carbocycles. The van der Waals surface area contributed by atoms with Crippen molar-refractivity contribution in [3.8, 4) is 0 Å². The molecule has 110 valence electrons. The lowest BCUT2D eigenvalue weighted by Crippen LogP contribution is -2.35. The topological polar surface area (TPSA) is 49.3 Å². The Hall–Kier alpha value is -1.13. The SMILES string of the molecule is O=C(NCC1CCCCC1CO)c1c(F)cccc1Cl. The first-order valence-electron chi connectivity index (χ1n) is 6.96. The molecule has 0 heterocycles. The molecule has 1 amide bonds. The standard InChI is InChI=1S/C15H19ClFNO2/c16-12-6-3-7-13(17)14(12)15(20)18-8-10-4-1-2-5-11(10)9-19/h3,6-7,10-11,19H,1-2,4-5,8-9H2,(H,18,20). The van der Waals surface area contributed by atoms with Crippen molar-refractivity contribution in [2.75, 3.05) is 13.2 Å². The summed E-state index contributed by atoms with van der Waals surface area (Å²) in [6.07, 6.45) is 4.19. The number of halogens is 2. The zero-order valence-corrected chi connectivity index (χ0v) is 12.0. The lowest BCUT2D eigenvalue weighted by molar-refractivity contribution is 0.0905. The first-order valence-corrected chi connectivity index (χ1v) is 7.34. The maximum atomic E-state index is 13.6. The van der Waals surface area contributed by atoms with Crippen molar-refractivity contribution >= 4 is 17.5 Å². The third-order valence-corrected chi connectivity index (χ3v) is 4.33. The zero-order chi connectivity index (χ0) is 14.5. The number of amides is 1. The van der Waals surface area contributed by atoms with E-state index < -0.39 is 11.7 Å². The molecule has 5 heteroatoms. The van der Waals surface area contributed by atoms with Gasteiger partial charge in [0.15, 0.2) is 0 Å². The minimum absolute atomic E-state index is 0.106. The number of hydrogen-bond acceptors (Lipinski definition) is 2. The summed E-state index contributed by atoms with van der Waals surface area (Å²) in [5.41, 5.74) is -0.106. The van der Waals surface area contributed by atoms with Crippen molar-refractivity contribution in [1.82, 2.24) is 5.32 Å². The van der Waals surface area contributed by atoms with Crippen LogP contribution in [0.2, 0.25) is 5.02 Å². The highest BCUT2D eigenvalue weighted by atomic mass is 35.5. The van der Waals surface area contributed by atoms with Crippen LogP contribution in [0.1, 0.15) is 36.0 Å². The van der Waals surface area contributed by atoms with E-state index in [-0.39, 0.29) is 29.0 Å². The summed E-state index contributed by atoms with van der Waals surface area (Å²) < 4.78 is 13.6. The van der Waals surface area contributed by atoms with Gasteiger partial charge in [0.1, 0.15) is 5.82 Å². The van der Waals surface area contributed by atoms with Crippen LogP contribution >= 0.6 is 11.6 Å². The van der Waals surface area contributed by atoms with Gasteiger partial charge >= 0.3 is 0 Å². The van der Waals surface area contributed by atoms with Gasteiger partial charge in [-0.15, -0.1) is 0 Å². The first kappa shape index (κ1) is 15.3. The van der Waals surface area contributed by atoms with Crippen LogP contribution in [-0.4, -0.2) is 24.2 Å². The molecule has 2 rings (SSSR count). The van der Waals surface area contributed by atoms with Gasteiger partial charge in [-0.05, 0) is 36.8 Å². The Balaban J connectivity index is 1.98. The summed E-state index contributed by atoms with van der Waals surface area (Å²) in [5.74, 6) is -0.629. The number of nitrogens with one attached hydrogen (secondary N) is 1. The Bertz CT molecular complexity index is 461. The second-order valence-electron chi connectivity index (χ2n) is 5.29. The van der Waals surface area contributed by atoms with Gasteiger partial charge < -0.3 is 10.4 Å². The van der Waals surface area contributed by atoms with Crippen LogP contribution in [-0.2, 0) is 0 Å². The third-order valence-electron chi connectivity index (χ3n) is 4.02. The molecular weight excluding hydrogens is 281 g/mol. The molecule has 2 unspecified atom stereocenters. The van der Waals surface area contributed by atoms with Gasteiger partial charge in [0.05, 0.1) is 10.6 Å². The molecule has 1 aromatic rings. The van der Waals surface area contributed by atoms with E-state index in [1.54, 1.807) is 0 Å². The zero-order valence-electron chi connectivity index (χ0n) is 11.2. The third kappa shape index (κ3) is 3.49. The fraction of sp³-hybridized carbons (Fsp3) is 0.533. The number of carbonyl (C=O) groups excluding carboxylic acids is 1. The molecule has 0 radical (unpaired) electrons. The molecule has 3 nitrogen and oxygen atoms in total. The van der Waals surface area contributed by atoms with E-state index in [9.17, 15) is 14.3 Å². The lowest BCUT2D eigenvalue weighted by Gasteiger charge is -2.30. The van der Waals surface area contributed by atoms with Crippen molar-refractivity contribution in [2.45, 2.75) is 25.7 Å². The monoisotopic (exact) mass is 299 g/mol. The normalized spacial score (nSPS) is 22.6. The van der Waals surface area contributed by atoms with Crippen molar-refractivity contribution in [1.29, 1.82) is 0 Å². The van der Waals surface area contributed by atoms with E-state index in [1.807, 2.05) is 0 Å². The molecule has 1 saturated carbocycles. The molecule has 0 aromatic heterocycles. The second kappa shape index (κ2) is 7.04. The molecule has 1 aliphatic rings. The van der Waals surface area contributed by atoms with E-state index in [2.05, 4.69) is 5.32 Å². The van der Waals surface area contributed by atoms with E-state index in [1.165, 1.54) is 18.2 Å². The average Bonchev–Trinajstić information content (AvgIpc) is 2.45. The predicted molar refractivity (Wildman–Crippen MR) is 76.3 cm³/mol. The largest absolute Gasteiger partial charge is 0.396 e. The molecule has 0 bridgehead atoms. The fourth-order valence-electron chi connectivity index (χ4n) is 2.82. The van der Waals surface area contributed by atoms with Crippen LogP contribution in [0, 0.1) is 17.7 Å². The molecule has 0 spiro atoms. The maximum absolute atomic E-state index is 13.6. The van der Waals surface area contributed by atoms with Gasteiger partial charge in [0, 0.05) is 13.2 Å². The van der Waals surface area contributed by atoms with E-state index >= 15 is 0 Å². The molecule has 0 saturated heterocycles. The summed E-state index contributed by atoms with van der Waals surface area (Å²) in [4.78, 5) is 12.0. The summed E-state index contributed by atoms with van der Waals surface area (Å²) in [6.45, 7) is 0.593. The molecule has 1 fully saturated rings. The molecule has 0 aliphatic heterocycles. The van der Waals surface area contributed by atoms with Gasteiger partial charge in [0.2, 0.25) is 0 Å². The fourth-order valence-corrected chi connectivity index (χ4v) is 3.07. The smallest absolute Gasteiger partial charge is 0.255 e. The minimum Gasteiger partial charge on any atom is -0.396 e. The number of rotatable bonds is 4. The number of carbonyl (C=O) groups is 1. The number of aliphatic hydroxyl groups is 1. The van der Waals surface area contributed by atoms with Gasteiger partial charge in [-0.1, -0.05) is 30.5 Å². The first-order chi connectivity index (χ1) is 9.63. The van der Waals surface area contributed by atoms with Crippen molar-refractivity contribution in [3.63, 3.8) is 0 Å². The molecule has 2 N–H and O–H groups in total. The van der Waals surface area contributed by atoms with Gasteiger partial charge in [-0.25, -0.2) is 4.39 Å². The number of benzene rings is 1. The predicted octanol–water partition coefficient (Wildman–Crippen LogP) is 3.01. The molecule has 20 heavy (non-hydrogen) atoms. The Morgan fingerprint density at radius 1 is 1.35 bits per heavy atom. The van der Waals surface area contributed by atoms with Crippen LogP contribution in [0.5, 0.6) is 0 Å². The highest BCUT2D eigenvalue weighted by molar-refractivity contribution is 6.33. The van der Waals surface area contributed by atoms with Gasteiger partial charge in [-0.2, -0.15) is 0 Å². The van der Waals surface area contributed by atoms with E-state index in [4.69, 9.17) is 11.6 Å². The van der Waals surface area contributed by atoms with Crippen molar-refractivity contribution < 1.29 is 14.3 Å². The maximum Gasteiger partial charge on any atom is 0.255 e. The summed E-state index contributed by atoms with van der Waals surface area (Å²) in [5, 5.41) is 12.2. The van der Waals surface area contributed by atoms with Crippen LogP contribution in [0.4, 0.5) is 4.39 Å². The van der Waals surface area contributed by atoms with Crippen LogP contribution in [0.3, 0.4) is 0 Å². The van der Waals surface area contributed by atoms with E-state index in [0.29, 0.717) is 6.54 Å². The second-order valence-corrected chi connectivity index (χ2v) is 5.70. The summed E-state index contributed by atoms with van der Waals surface area (Å²) >= 11 is 5.86. The Labute approximate surface area is 123 Å². The van der Waals surface area contributed by atoms with E-state index in [0.717, 1.165) is 25.7 Å². The van der Waals surface area contributed by atoms with Gasteiger partial charge in [0.25, 0.3) is 5.91 Å². The van der Waals surface area contributed by atoms with Crippen LogP contribution in [0.25, 0.3) is 0 Å². The Kier molecular flexibility index (Phi) is 5.38. The number of aliphatic hydroxyl groups excluding tert-OH is 1. The molecule has 2 atom stereocenters. The lowest BCUT2D eigenvalue weighted by atomic mass is 9.79. The van der Waals surface area contributed by atoms with Crippen molar-refractivity contribution in [3.05, 3.63) is 34.6 Å². The highest BCUT2D eigenvalue weighted by Gasteiger charge is 2.25. The Morgan fingerprint density at radius 2 is 2.05 bits per heavy atom. The highest BCUT2D eigenvalue weighted by Crippen LogP contribution is 2.29. The summed E-state index contributed by atoms with van der Waals surface area (Å²) in [7, 11) is 0. The van der Waals surface area contributed by atoms with Crippen molar-refractivity contribution in [2.24, 2.45) is 11.8 Å². The Morgan fingerprint density at radius 3 is 2.70 bits per heavy atom. The average molecular weight is 300 g/mol. The quantitative estimate of drug-likeness (QED) is 0.898. The molecular formula is C15H19ClFNO2. The summed E-state index contributed by atoms with van der Waals surface area (Å²) in [6, 6.07) is 4.19.